The zero-order valence-electron chi connectivity index (χ0n) is 22.5. The summed E-state index contributed by atoms with van der Waals surface area (Å²) in [6.07, 6.45) is 3.93. The van der Waals surface area contributed by atoms with Crippen molar-refractivity contribution in [2.45, 2.75) is 43.8 Å². The number of hydrogen-bond acceptors (Lipinski definition) is 4. The summed E-state index contributed by atoms with van der Waals surface area (Å²) in [7, 11) is 0. The van der Waals surface area contributed by atoms with E-state index in [4.69, 9.17) is 4.74 Å². The van der Waals surface area contributed by atoms with Gasteiger partial charge in [0.15, 0.2) is 6.10 Å². The summed E-state index contributed by atoms with van der Waals surface area (Å²) < 4.78 is 7.07. The fraction of sp³-hybridized carbons (Fsp3) is 0.394. The lowest BCUT2D eigenvalue weighted by molar-refractivity contribution is -0.946. The van der Waals surface area contributed by atoms with Gasteiger partial charge >= 0.3 is 5.97 Å². The molecule has 0 aliphatic carbocycles. The smallest absolute Gasteiger partial charge is 0.348 e. The molecule has 6 nitrogen and oxygen atoms in total. The average molecular weight is 528 g/mol. The molecule has 3 saturated heterocycles. The highest BCUT2D eigenvalue weighted by Gasteiger charge is 2.50. The highest BCUT2D eigenvalue weighted by Crippen LogP contribution is 2.38. The van der Waals surface area contributed by atoms with Gasteiger partial charge in [-0.2, -0.15) is 0 Å². The van der Waals surface area contributed by atoms with Crippen LogP contribution >= 0.6 is 0 Å². The van der Waals surface area contributed by atoms with Gasteiger partial charge < -0.3 is 19.6 Å². The molecule has 6 rings (SSSR count). The molecule has 3 heterocycles. The number of aryl methyl sites for hydroxylation is 1. The Morgan fingerprint density at radius 2 is 1.44 bits per heavy atom. The fourth-order valence-corrected chi connectivity index (χ4v) is 6.29. The molecule has 6 heteroatoms. The molecule has 3 aromatic rings. The minimum absolute atomic E-state index is 0.0871. The molecule has 204 valence electrons. The van der Waals surface area contributed by atoms with E-state index in [0.29, 0.717) is 30.0 Å². The van der Waals surface area contributed by atoms with E-state index in [1.807, 2.05) is 66.7 Å². The van der Waals surface area contributed by atoms with E-state index in [2.05, 4.69) is 5.32 Å². The summed E-state index contributed by atoms with van der Waals surface area (Å²) in [5, 5.41) is 14.9. The SMILES string of the molecule is O=C(CCc1ccccc1)NCCC[N+]12CCC(CC1)C(OC(=O)C(O)(c1ccccc1)c1ccccc1)C2. The van der Waals surface area contributed by atoms with Gasteiger partial charge in [-0.05, 0) is 23.1 Å². The Morgan fingerprint density at radius 3 is 2.03 bits per heavy atom. The Morgan fingerprint density at radius 1 is 0.872 bits per heavy atom. The van der Waals surface area contributed by atoms with Crippen molar-refractivity contribution < 1.29 is 23.9 Å². The first-order valence-corrected chi connectivity index (χ1v) is 14.2. The number of carbonyl (C=O) groups excluding carboxylic acids is 2. The third-order valence-corrected chi connectivity index (χ3v) is 8.59. The van der Waals surface area contributed by atoms with Crippen LogP contribution < -0.4 is 5.32 Å². The predicted molar refractivity (Wildman–Crippen MR) is 151 cm³/mol. The van der Waals surface area contributed by atoms with Crippen LogP contribution in [0.2, 0.25) is 0 Å². The van der Waals surface area contributed by atoms with Gasteiger partial charge in [0, 0.05) is 38.1 Å². The third kappa shape index (κ3) is 6.23. The van der Waals surface area contributed by atoms with E-state index in [0.717, 1.165) is 56.3 Å². The fourth-order valence-electron chi connectivity index (χ4n) is 6.29. The van der Waals surface area contributed by atoms with Crippen molar-refractivity contribution >= 4 is 11.9 Å². The second-order valence-corrected chi connectivity index (χ2v) is 11.1. The molecule has 0 radical (unpaired) electrons. The summed E-state index contributed by atoms with van der Waals surface area (Å²) in [5.74, 6) is -0.200. The largest absolute Gasteiger partial charge is 0.453 e. The van der Waals surface area contributed by atoms with E-state index >= 15 is 0 Å². The number of esters is 1. The lowest BCUT2D eigenvalue weighted by Crippen LogP contribution is -2.65. The van der Waals surface area contributed by atoms with E-state index in [-0.39, 0.29) is 12.0 Å². The van der Waals surface area contributed by atoms with Crippen LogP contribution in [0.4, 0.5) is 0 Å². The molecule has 2 bridgehead atoms. The summed E-state index contributed by atoms with van der Waals surface area (Å²) in [5.41, 5.74) is 0.335. The maximum atomic E-state index is 13.7. The number of quaternary nitrogens is 1. The van der Waals surface area contributed by atoms with Crippen molar-refractivity contribution in [2.75, 3.05) is 32.7 Å². The summed E-state index contributed by atoms with van der Waals surface area (Å²) in [6.45, 7) is 4.51. The van der Waals surface area contributed by atoms with Gasteiger partial charge in [-0.15, -0.1) is 0 Å². The van der Waals surface area contributed by atoms with Crippen LogP contribution in [-0.2, 0) is 26.3 Å². The van der Waals surface area contributed by atoms with Gasteiger partial charge in [-0.1, -0.05) is 91.0 Å². The van der Waals surface area contributed by atoms with E-state index < -0.39 is 11.6 Å². The van der Waals surface area contributed by atoms with Crippen LogP contribution in [0, 0.1) is 5.92 Å². The number of aliphatic hydroxyl groups is 1. The van der Waals surface area contributed by atoms with Gasteiger partial charge in [0.2, 0.25) is 11.5 Å². The summed E-state index contributed by atoms with van der Waals surface area (Å²) in [4.78, 5) is 26.0. The number of fused-ring (bicyclic) bond motifs is 3. The maximum absolute atomic E-state index is 13.7. The summed E-state index contributed by atoms with van der Waals surface area (Å²) in [6, 6.07) is 28.2. The van der Waals surface area contributed by atoms with Crippen LogP contribution in [0.5, 0.6) is 0 Å². The number of carbonyl (C=O) groups is 2. The van der Waals surface area contributed by atoms with Gasteiger partial charge in [0.05, 0.1) is 19.6 Å². The van der Waals surface area contributed by atoms with Crippen molar-refractivity contribution in [2.24, 2.45) is 5.92 Å². The number of nitrogens with one attached hydrogen (secondary N) is 1. The van der Waals surface area contributed by atoms with Crippen LogP contribution in [0.1, 0.15) is 42.4 Å². The summed E-state index contributed by atoms with van der Waals surface area (Å²) >= 11 is 0. The number of rotatable bonds is 11. The highest BCUT2D eigenvalue weighted by molar-refractivity contribution is 5.85. The Labute approximate surface area is 231 Å². The molecule has 0 spiro atoms. The molecule has 3 aliphatic rings. The lowest BCUT2D eigenvalue weighted by Gasteiger charge is -2.52. The molecule has 1 atom stereocenters. The number of piperidine rings is 3. The Hall–Kier alpha value is -3.48. The van der Waals surface area contributed by atoms with Crippen LogP contribution in [0.25, 0.3) is 0 Å². The monoisotopic (exact) mass is 527 g/mol. The molecular weight excluding hydrogens is 488 g/mol. The van der Waals surface area contributed by atoms with Crippen molar-refractivity contribution in [1.29, 1.82) is 0 Å². The van der Waals surface area contributed by atoms with Gasteiger partial charge in [0.25, 0.3) is 0 Å². The zero-order valence-corrected chi connectivity index (χ0v) is 22.5. The molecule has 39 heavy (non-hydrogen) atoms. The number of amides is 1. The molecule has 1 amide bonds. The van der Waals surface area contributed by atoms with Gasteiger partial charge in [-0.25, -0.2) is 4.79 Å². The van der Waals surface area contributed by atoms with E-state index in [1.165, 1.54) is 5.56 Å². The van der Waals surface area contributed by atoms with Crippen LogP contribution in [0.15, 0.2) is 91.0 Å². The van der Waals surface area contributed by atoms with Gasteiger partial charge in [0.1, 0.15) is 6.54 Å². The molecule has 3 fully saturated rings. The molecule has 3 aromatic carbocycles. The standard InChI is InChI=1S/C33H38N2O4/c36-31(18-17-26-11-4-1-5-12-26)34-21-10-22-35-23-19-27(20-24-35)30(25-35)39-32(37)33(38,28-13-6-2-7-14-28)29-15-8-3-9-16-29/h1-9,11-16,27,30,38H,10,17-25H2/p+1. The van der Waals surface area contributed by atoms with Crippen molar-refractivity contribution in [3.8, 4) is 0 Å². The minimum atomic E-state index is -1.86. The predicted octanol–water partition coefficient (Wildman–Crippen LogP) is 4.21. The average Bonchev–Trinajstić information content (AvgIpc) is 3.00. The molecule has 3 aliphatic heterocycles. The van der Waals surface area contributed by atoms with Crippen molar-refractivity contribution in [1.82, 2.24) is 5.32 Å². The second kappa shape index (κ2) is 12.1. The van der Waals surface area contributed by atoms with Gasteiger partial charge in [-0.3, -0.25) is 4.79 Å². The second-order valence-electron chi connectivity index (χ2n) is 11.1. The third-order valence-electron chi connectivity index (χ3n) is 8.59. The number of nitrogens with zero attached hydrogens (tertiary/aromatic N) is 1. The van der Waals surface area contributed by atoms with Crippen molar-refractivity contribution in [3.63, 3.8) is 0 Å². The first-order valence-electron chi connectivity index (χ1n) is 14.2. The van der Waals surface area contributed by atoms with Crippen LogP contribution in [0.3, 0.4) is 0 Å². The van der Waals surface area contributed by atoms with E-state index in [9.17, 15) is 14.7 Å². The number of ether oxygens (including phenoxy) is 1. The molecule has 0 saturated carbocycles. The van der Waals surface area contributed by atoms with E-state index in [1.54, 1.807) is 24.3 Å². The molecule has 2 N–H and O–H groups in total. The van der Waals surface area contributed by atoms with Crippen LogP contribution in [-0.4, -0.2) is 60.3 Å². The van der Waals surface area contributed by atoms with Crippen molar-refractivity contribution in [3.05, 3.63) is 108 Å². The topological polar surface area (TPSA) is 75.6 Å². The zero-order chi connectivity index (χ0) is 27.1. The first kappa shape index (κ1) is 27.1. The minimum Gasteiger partial charge on any atom is -0.453 e. The lowest BCUT2D eigenvalue weighted by atomic mass is 9.82. The normalized spacial score (nSPS) is 22.3. The molecule has 0 aromatic heterocycles. The molecule has 1 unspecified atom stereocenters. The Bertz CT molecular complexity index is 1180. The first-order chi connectivity index (χ1) is 19.0. The number of hydrogen-bond donors (Lipinski definition) is 2. The maximum Gasteiger partial charge on any atom is 0.348 e. The number of benzene rings is 3. The Kier molecular flexibility index (Phi) is 8.44. The molecular formula is C33H39N2O4+. The highest BCUT2D eigenvalue weighted by atomic mass is 16.6. The Balaban J connectivity index is 1.17. The quantitative estimate of drug-likeness (QED) is 0.223.